The average molecular weight is 362 g/mol. The van der Waals surface area contributed by atoms with Crippen molar-refractivity contribution in [2.75, 3.05) is 6.61 Å². The third kappa shape index (κ3) is 6.02. The lowest BCUT2D eigenvalue weighted by Crippen LogP contribution is -2.54. The van der Waals surface area contributed by atoms with Crippen molar-refractivity contribution in [3.8, 4) is 0 Å². The van der Waals surface area contributed by atoms with Gasteiger partial charge in [-0.2, -0.15) is 0 Å². The highest BCUT2D eigenvalue weighted by Crippen LogP contribution is 2.16. The van der Waals surface area contributed by atoms with Gasteiger partial charge in [-0.3, -0.25) is 4.79 Å². The lowest BCUT2D eigenvalue weighted by molar-refractivity contribution is -0.125. The van der Waals surface area contributed by atoms with Crippen molar-refractivity contribution in [2.45, 2.75) is 64.8 Å². The van der Waals surface area contributed by atoms with Crippen molar-refractivity contribution in [1.82, 2.24) is 10.6 Å². The second kappa shape index (κ2) is 10.2. The number of carbonyl (C=O) groups excluding carboxylic acids is 2. The Labute approximate surface area is 155 Å². The highest BCUT2D eigenvalue weighted by molar-refractivity contribution is 5.86. The maximum atomic E-state index is 12.7. The minimum absolute atomic E-state index is 0.00373. The first kappa shape index (κ1) is 20.2. The smallest absolute Gasteiger partial charge is 0.408 e. The summed E-state index contributed by atoms with van der Waals surface area (Å²) in [6.07, 6.45) is 2.19. The Hall–Kier alpha value is -2.08. The molecule has 0 radical (unpaired) electrons. The number of benzene rings is 1. The summed E-state index contributed by atoms with van der Waals surface area (Å²) in [6.45, 7) is 6.79. The molecule has 26 heavy (non-hydrogen) atoms. The van der Waals surface area contributed by atoms with Gasteiger partial charge in [0.05, 0.1) is 12.1 Å². The van der Waals surface area contributed by atoms with E-state index in [4.69, 9.17) is 9.47 Å². The molecule has 6 nitrogen and oxygen atoms in total. The van der Waals surface area contributed by atoms with E-state index in [2.05, 4.69) is 10.6 Å². The molecule has 1 aliphatic heterocycles. The summed E-state index contributed by atoms with van der Waals surface area (Å²) >= 11 is 0. The van der Waals surface area contributed by atoms with E-state index in [-0.39, 0.29) is 30.6 Å². The number of ether oxygens (including phenoxy) is 2. The molecule has 1 saturated heterocycles. The summed E-state index contributed by atoms with van der Waals surface area (Å²) < 4.78 is 10.9. The highest BCUT2D eigenvalue weighted by atomic mass is 16.5. The van der Waals surface area contributed by atoms with E-state index in [0.29, 0.717) is 0 Å². The van der Waals surface area contributed by atoms with Crippen LogP contribution in [0.1, 0.15) is 45.6 Å². The first-order valence-electron chi connectivity index (χ1n) is 9.40. The first-order chi connectivity index (χ1) is 12.5. The molecule has 1 aromatic carbocycles. The van der Waals surface area contributed by atoms with Gasteiger partial charge in [-0.05, 0) is 31.2 Å². The number of nitrogens with one attached hydrogen (secondary N) is 2. The Morgan fingerprint density at radius 3 is 2.58 bits per heavy atom. The highest BCUT2D eigenvalue weighted by Gasteiger charge is 2.30. The average Bonchev–Trinajstić information content (AvgIpc) is 3.19. The molecule has 1 aliphatic rings. The van der Waals surface area contributed by atoms with E-state index in [9.17, 15) is 9.59 Å². The Kier molecular flexibility index (Phi) is 7.91. The van der Waals surface area contributed by atoms with Crippen LogP contribution in [-0.2, 0) is 20.9 Å². The minimum Gasteiger partial charge on any atom is -0.445 e. The van der Waals surface area contributed by atoms with Gasteiger partial charge in [0.2, 0.25) is 5.91 Å². The van der Waals surface area contributed by atoms with Crippen LogP contribution in [0.15, 0.2) is 30.3 Å². The van der Waals surface area contributed by atoms with Gasteiger partial charge in [-0.1, -0.05) is 50.6 Å². The summed E-state index contributed by atoms with van der Waals surface area (Å²) in [7, 11) is 0. The quantitative estimate of drug-likeness (QED) is 0.745. The summed E-state index contributed by atoms with van der Waals surface area (Å²) in [4.78, 5) is 24.8. The van der Waals surface area contributed by atoms with Crippen molar-refractivity contribution < 1.29 is 19.1 Å². The monoisotopic (exact) mass is 362 g/mol. The van der Waals surface area contributed by atoms with Crippen LogP contribution < -0.4 is 10.6 Å². The molecule has 2 N–H and O–H groups in total. The normalized spacial score (nSPS) is 20.0. The van der Waals surface area contributed by atoms with Crippen LogP contribution in [0.4, 0.5) is 4.79 Å². The zero-order valence-corrected chi connectivity index (χ0v) is 15.9. The molecule has 0 aliphatic carbocycles. The number of hydrogen-bond acceptors (Lipinski definition) is 4. The lowest BCUT2D eigenvalue weighted by Gasteiger charge is -2.27. The molecule has 0 bridgehead atoms. The van der Waals surface area contributed by atoms with Crippen LogP contribution in [0.25, 0.3) is 0 Å². The third-order valence-corrected chi connectivity index (χ3v) is 4.87. The summed E-state index contributed by atoms with van der Waals surface area (Å²) in [5.74, 6) is -0.199. The van der Waals surface area contributed by atoms with Crippen LogP contribution in [0.3, 0.4) is 0 Å². The molecule has 6 heteroatoms. The standard InChI is InChI=1S/C20H30N2O4/c1-4-14(2)18(19(23)21-15(3)17-11-8-12-25-17)22-20(24)26-13-16-9-6-5-7-10-16/h5-7,9-10,14-15,17-18H,4,8,11-13H2,1-3H3,(H,21,23)(H,22,24)/t14-,15?,17?,18-/m0/s1. The van der Waals surface area contributed by atoms with E-state index in [0.717, 1.165) is 31.4 Å². The van der Waals surface area contributed by atoms with Crippen LogP contribution >= 0.6 is 0 Å². The van der Waals surface area contributed by atoms with Gasteiger partial charge in [-0.15, -0.1) is 0 Å². The van der Waals surface area contributed by atoms with E-state index in [1.54, 1.807) is 0 Å². The SMILES string of the molecule is CC[C@H](C)[C@H](NC(=O)OCc1ccccc1)C(=O)NC(C)C1CCCO1. The Bertz CT molecular complexity index is 572. The van der Waals surface area contributed by atoms with Crippen molar-refractivity contribution >= 4 is 12.0 Å². The zero-order chi connectivity index (χ0) is 18.9. The van der Waals surface area contributed by atoms with Gasteiger partial charge in [0.25, 0.3) is 0 Å². The van der Waals surface area contributed by atoms with E-state index < -0.39 is 12.1 Å². The minimum atomic E-state index is -0.632. The number of alkyl carbamates (subject to hydrolysis) is 1. The fraction of sp³-hybridized carbons (Fsp3) is 0.600. The molecule has 1 heterocycles. The largest absolute Gasteiger partial charge is 0.445 e. The lowest BCUT2D eigenvalue weighted by atomic mass is 9.98. The number of hydrogen-bond donors (Lipinski definition) is 2. The molecule has 4 atom stereocenters. The molecular weight excluding hydrogens is 332 g/mol. The molecule has 0 aromatic heterocycles. The topological polar surface area (TPSA) is 76.7 Å². The molecule has 0 saturated carbocycles. The van der Waals surface area contributed by atoms with Gasteiger partial charge in [0, 0.05) is 6.61 Å². The summed E-state index contributed by atoms with van der Waals surface area (Å²) in [5, 5.41) is 5.70. The molecule has 0 spiro atoms. The van der Waals surface area contributed by atoms with E-state index in [1.165, 1.54) is 0 Å². The first-order valence-corrected chi connectivity index (χ1v) is 9.40. The van der Waals surface area contributed by atoms with Gasteiger partial charge >= 0.3 is 6.09 Å². The van der Waals surface area contributed by atoms with Crippen molar-refractivity contribution in [1.29, 1.82) is 0 Å². The predicted molar refractivity (Wildman–Crippen MR) is 99.6 cm³/mol. The molecule has 1 fully saturated rings. The number of carbonyl (C=O) groups is 2. The van der Waals surface area contributed by atoms with Gasteiger partial charge in [0.15, 0.2) is 0 Å². The second-order valence-electron chi connectivity index (χ2n) is 6.92. The predicted octanol–water partition coefficient (Wildman–Crippen LogP) is 3.01. The molecule has 2 unspecified atom stereocenters. The summed E-state index contributed by atoms with van der Waals surface area (Å²) in [5.41, 5.74) is 0.902. The van der Waals surface area contributed by atoms with Gasteiger partial charge < -0.3 is 20.1 Å². The third-order valence-electron chi connectivity index (χ3n) is 4.87. The van der Waals surface area contributed by atoms with Crippen LogP contribution in [0, 0.1) is 5.92 Å². The maximum absolute atomic E-state index is 12.7. The van der Waals surface area contributed by atoms with Gasteiger partial charge in [-0.25, -0.2) is 4.79 Å². The van der Waals surface area contributed by atoms with Crippen molar-refractivity contribution in [3.63, 3.8) is 0 Å². The second-order valence-corrected chi connectivity index (χ2v) is 6.92. The van der Waals surface area contributed by atoms with Crippen molar-refractivity contribution in [2.24, 2.45) is 5.92 Å². The number of rotatable bonds is 8. The van der Waals surface area contributed by atoms with Crippen LogP contribution in [0.2, 0.25) is 0 Å². The molecule has 2 amide bonds. The van der Waals surface area contributed by atoms with E-state index >= 15 is 0 Å². The Morgan fingerprint density at radius 1 is 1.23 bits per heavy atom. The summed E-state index contributed by atoms with van der Waals surface area (Å²) in [6, 6.07) is 8.73. The van der Waals surface area contributed by atoms with Gasteiger partial charge in [0.1, 0.15) is 12.6 Å². The van der Waals surface area contributed by atoms with Crippen LogP contribution in [-0.4, -0.2) is 36.8 Å². The van der Waals surface area contributed by atoms with Crippen molar-refractivity contribution in [3.05, 3.63) is 35.9 Å². The zero-order valence-electron chi connectivity index (χ0n) is 15.9. The molecule has 1 aromatic rings. The fourth-order valence-electron chi connectivity index (χ4n) is 3.00. The van der Waals surface area contributed by atoms with E-state index in [1.807, 2.05) is 51.1 Å². The van der Waals surface area contributed by atoms with Crippen LogP contribution in [0.5, 0.6) is 0 Å². The molecular formula is C20H30N2O4. The Balaban J connectivity index is 1.88. The molecule has 2 rings (SSSR count). The Morgan fingerprint density at radius 2 is 1.96 bits per heavy atom. The number of amides is 2. The molecule has 144 valence electrons. The fourth-order valence-corrected chi connectivity index (χ4v) is 3.00. The maximum Gasteiger partial charge on any atom is 0.408 e.